The van der Waals surface area contributed by atoms with Crippen molar-refractivity contribution in [3.05, 3.63) is 11.8 Å². The number of hydrogen-bond donors (Lipinski definition) is 3. The van der Waals surface area contributed by atoms with E-state index in [-0.39, 0.29) is 6.04 Å². The summed E-state index contributed by atoms with van der Waals surface area (Å²) in [6.45, 7) is 0.728. The second-order valence-corrected chi connectivity index (χ2v) is 6.10. The van der Waals surface area contributed by atoms with Crippen molar-refractivity contribution in [2.75, 3.05) is 18.1 Å². The second-order valence-electron chi connectivity index (χ2n) is 5.33. The van der Waals surface area contributed by atoms with Gasteiger partial charge in [-0.15, -0.1) is 0 Å². The van der Waals surface area contributed by atoms with Gasteiger partial charge in [0, 0.05) is 18.8 Å². The van der Waals surface area contributed by atoms with Gasteiger partial charge in [-0.25, -0.2) is 14.8 Å². The van der Waals surface area contributed by atoms with E-state index in [1.807, 2.05) is 6.26 Å². The van der Waals surface area contributed by atoms with E-state index in [2.05, 4.69) is 20.6 Å². The Morgan fingerprint density at radius 1 is 1.45 bits per heavy atom. The van der Waals surface area contributed by atoms with E-state index in [0.717, 1.165) is 38.5 Å². The molecule has 0 aliphatic heterocycles. The molecule has 22 heavy (non-hydrogen) atoms. The molecule has 0 spiro atoms. The number of thioether (sulfide) groups is 1. The van der Waals surface area contributed by atoms with Crippen molar-refractivity contribution in [1.29, 1.82) is 0 Å². The van der Waals surface area contributed by atoms with Gasteiger partial charge in [0.2, 0.25) is 0 Å². The highest BCUT2D eigenvalue weighted by Gasteiger charge is 2.22. The zero-order valence-electron chi connectivity index (χ0n) is 12.4. The Morgan fingerprint density at radius 2 is 2.18 bits per heavy atom. The van der Waals surface area contributed by atoms with Crippen LogP contribution in [0.25, 0.3) is 0 Å². The molecule has 1 aliphatic carbocycles. The van der Waals surface area contributed by atoms with Crippen LogP contribution in [0.1, 0.15) is 36.0 Å². The molecule has 1 aromatic heterocycles. The van der Waals surface area contributed by atoms with Crippen LogP contribution in [-0.2, 0) is 0 Å². The summed E-state index contributed by atoms with van der Waals surface area (Å²) in [5.74, 6) is 1.03. The van der Waals surface area contributed by atoms with Crippen molar-refractivity contribution in [2.24, 2.45) is 5.92 Å². The fourth-order valence-electron chi connectivity index (χ4n) is 2.63. The van der Waals surface area contributed by atoms with Gasteiger partial charge in [-0.1, -0.05) is 11.8 Å². The van der Waals surface area contributed by atoms with Crippen LogP contribution in [0, 0.1) is 5.92 Å². The molecule has 0 atom stereocenters. The summed E-state index contributed by atoms with van der Waals surface area (Å²) in [4.78, 5) is 30.0. The number of carboxylic acid groups (broad SMARTS) is 1. The lowest BCUT2D eigenvalue weighted by Crippen LogP contribution is -2.37. The number of nitrogens with zero attached hydrogens (tertiary/aromatic N) is 2. The number of hydrogen-bond acceptors (Lipinski definition) is 6. The zero-order chi connectivity index (χ0) is 15.9. The Balaban J connectivity index is 1.86. The smallest absolute Gasteiger partial charge is 0.404 e. The molecule has 1 aliphatic rings. The minimum absolute atomic E-state index is 0.0569. The molecule has 0 unspecified atom stereocenters. The molecule has 120 valence electrons. The number of carbonyl (C=O) groups excluding carboxylic acids is 1. The van der Waals surface area contributed by atoms with Gasteiger partial charge in [0.05, 0.1) is 5.56 Å². The molecule has 0 saturated heterocycles. The molecule has 0 aromatic carbocycles. The first-order valence-corrected chi connectivity index (χ1v) is 8.44. The van der Waals surface area contributed by atoms with E-state index in [4.69, 9.17) is 5.11 Å². The van der Waals surface area contributed by atoms with E-state index < -0.39 is 6.09 Å². The summed E-state index contributed by atoms with van der Waals surface area (Å²) >= 11 is 1.43. The number of anilines is 1. The molecule has 1 amide bonds. The first-order valence-electron chi connectivity index (χ1n) is 7.22. The van der Waals surface area contributed by atoms with Gasteiger partial charge < -0.3 is 15.7 Å². The average molecular weight is 324 g/mol. The third-order valence-corrected chi connectivity index (χ3v) is 4.40. The van der Waals surface area contributed by atoms with Crippen molar-refractivity contribution in [1.82, 2.24) is 15.3 Å². The molecule has 1 aromatic rings. The molecule has 7 nitrogen and oxygen atoms in total. The number of aromatic nitrogens is 2. The van der Waals surface area contributed by atoms with Crippen molar-refractivity contribution in [2.45, 2.75) is 36.9 Å². The summed E-state index contributed by atoms with van der Waals surface area (Å²) < 4.78 is 0. The molecule has 0 radical (unpaired) electrons. The van der Waals surface area contributed by atoms with E-state index in [9.17, 15) is 9.59 Å². The van der Waals surface area contributed by atoms with E-state index >= 15 is 0 Å². The molecule has 3 N–H and O–H groups in total. The Bertz CT molecular complexity index is 533. The standard InChI is InChI=1S/C14H20N4O3S/c1-22-13-16-7-10(8-19)12(18-13)15-6-9-2-4-11(5-3-9)17-14(20)21/h7-9,11,17H,2-6H2,1H3,(H,20,21)(H,15,16,18)/t9-,11-. The quantitative estimate of drug-likeness (QED) is 0.419. The summed E-state index contributed by atoms with van der Waals surface area (Å²) in [6, 6.07) is 0.0569. The van der Waals surface area contributed by atoms with Crippen LogP contribution in [-0.4, -0.2) is 46.3 Å². The number of aldehydes is 1. The summed E-state index contributed by atoms with van der Waals surface area (Å²) in [5.41, 5.74) is 0.457. The van der Waals surface area contributed by atoms with E-state index in [1.54, 1.807) is 0 Å². The van der Waals surface area contributed by atoms with Crippen LogP contribution in [0.2, 0.25) is 0 Å². The Morgan fingerprint density at radius 3 is 2.77 bits per heavy atom. The number of rotatable bonds is 6. The van der Waals surface area contributed by atoms with Crippen LogP contribution in [0.4, 0.5) is 10.6 Å². The Kier molecular flexibility index (Phi) is 6.00. The second kappa shape index (κ2) is 7.98. The van der Waals surface area contributed by atoms with Gasteiger partial charge in [-0.2, -0.15) is 0 Å². The average Bonchev–Trinajstić information content (AvgIpc) is 2.53. The lowest BCUT2D eigenvalue weighted by Gasteiger charge is -2.28. The number of amides is 1. The van der Waals surface area contributed by atoms with Gasteiger partial charge in [-0.05, 0) is 37.9 Å². The van der Waals surface area contributed by atoms with Crippen LogP contribution >= 0.6 is 11.8 Å². The summed E-state index contributed by atoms with van der Waals surface area (Å²) in [6.07, 6.45) is 6.81. The van der Waals surface area contributed by atoms with Crippen LogP contribution in [0.15, 0.2) is 11.4 Å². The highest BCUT2D eigenvalue weighted by atomic mass is 32.2. The topological polar surface area (TPSA) is 104 Å². The van der Waals surface area contributed by atoms with Gasteiger partial charge in [0.25, 0.3) is 0 Å². The predicted molar refractivity (Wildman–Crippen MR) is 84.6 cm³/mol. The third-order valence-electron chi connectivity index (χ3n) is 3.84. The Labute approximate surface area is 133 Å². The monoisotopic (exact) mass is 324 g/mol. The maximum atomic E-state index is 11.0. The molecule has 1 heterocycles. The molecule has 1 fully saturated rings. The predicted octanol–water partition coefficient (Wildman–Crippen LogP) is 2.25. The maximum absolute atomic E-state index is 11.0. The van der Waals surface area contributed by atoms with Crippen molar-refractivity contribution < 1.29 is 14.7 Å². The minimum Gasteiger partial charge on any atom is -0.465 e. The van der Waals surface area contributed by atoms with Gasteiger partial charge in [0.15, 0.2) is 11.4 Å². The SMILES string of the molecule is CSc1ncc(C=O)c(NC[C@H]2CC[C@H](NC(=O)O)CC2)n1. The summed E-state index contributed by atoms with van der Waals surface area (Å²) in [5, 5.41) is 15.1. The first kappa shape index (κ1) is 16.5. The van der Waals surface area contributed by atoms with Crippen LogP contribution < -0.4 is 10.6 Å². The van der Waals surface area contributed by atoms with Crippen molar-refractivity contribution in [3.8, 4) is 0 Å². The van der Waals surface area contributed by atoms with Crippen LogP contribution in [0.3, 0.4) is 0 Å². The summed E-state index contributed by atoms with van der Waals surface area (Å²) in [7, 11) is 0. The molecule has 2 rings (SSSR count). The number of nitrogens with one attached hydrogen (secondary N) is 2. The molecule has 8 heteroatoms. The fraction of sp³-hybridized carbons (Fsp3) is 0.571. The molecule has 0 bridgehead atoms. The molecular formula is C14H20N4O3S. The van der Waals surface area contributed by atoms with E-state index in [0.29, 0.717) is 22.5 Å². The lowest BCUT2D eigenvalue weighted by molar-refractivity contribution is 0.112. The highest BCUT2D eigenvalue weighted by Crippen LogP contribution is 2.25. The zero-order valence-corrected chi connectivity index (χ0v) is 13.2. The van der Waals surface area contributed by atoms with Gasteiger partial charge >= 0.3 is 6.09 Å². The Hall–Kier alpha value is -1.83. The molecular weight excluding hydrogens is 304 g/mol. The fourth-order valence-corrected chi connectivity index (χ4v) is 2.97. The molecule has 1 saturated carbocycles. The third kappa shape index (κ3) is 4.59. The number of carbonyl (C=O) groups is 2. The highest BCUT2D eigenvalue weighted by molar-refractivity contribution is 7.98. The normalized spacial score (nSPS) is 21.1. The van der Waals surface area contributed by atoms with Gasteiger partial charge in [-0.3, -0.25) is 4.79 Å². The van der Waals surface area contributed by atoms with Crippen LogP contribution in [0.5, 0.6) is 0 Å². The van der Waals surface area contributed by atoms with E-state index in [1.165, 1.54) is 18.0 Å². The van der Waals surface area contributed by atoms with Crippen molar-refractivity contribution in [3.63, 3.8) is 0 Å². The largest absolute Gasteiger partial charge is 0.465 e. The van der Waals surface area contributed by atoms with Crippen molar-refractivity contribution >= 4 is 30.0 Å². The first-order chi connectivity index (χ1) is 10.6. The lowest BCUT2D eigenvalue weighted by atomic mass is 9.86. The minimum atomic E-state index is -0.956. The van der Waals surface area contributed by atoms with Gasteiger partial charge in [0.1, 0.15) is 5.82 Å². The maximum Gasteiger partial charge on any atom is 0.404 e.